The lowest BCUT2D eigenvalue weighted by Crippen LogP contribution is -1.92. The molecule has 1 aliphatic rings. The van der Waals surface area contributed by atoms with E-state index in [-0.39, 0.29) is 0 Å². The van der Waals surface area contributed by atoms with E-state index in [4.69, 9.17) is 5.73 Å². The van der Waals surface area contributed by atoms with Crippen LogP contribution in [0.2, 0.25) is 0 Å². The zero-order valence-corrected chi connectivity index (χ0v) is 6.83. The second-order valence-corrected chi connectivity index (χ2v) is 2.93. The molecule has 1 aromatic carbocycles. The van der Waals surface area contributed by atoms with Crippen LogP contribution < -0.4 is 5.73 Å². The van der Waals surface area contributed by atoms with Crippen molar-refractivity contribution >= 4 is 12.2 Å². The minimum Gasteiger partial charge on any atom is -0.405 e. The van der Waals surface area contributed by atoms with E-state index in [2.05, 4.69) is 30.4 Å². The molecule has 1 aliphatic carbocycles. The fourth-order valence-electron chi connectivity index (χ4n) is 1.33. The second kappa shape index (κ2) is 2.86. The van der Waals surface area contributed by atoms with E-state index in [0.29, 0.717) is 0 Å². The Labute approximate surface area is 72.2 Å². The highest BCUT2D eigenvalue weighted by Crippen LogP contribution is 2.24. The molecule has 0 aliphatic heterocycles. The molecule has 0 saturated carbocycles. The molecular weight excluding hydrogens is 146 g/mol. The minimum absolute atomic E-state index is 0.928. The van der Waals surface area contributed by atoms with E-state index < -0.39 is 0 Å². The lowest BCUT2D eigenvalue weighted by molar-refractivity contribution is 1.25. The van der Waals surface area contributed by atoms with Crippen LogP contribution in [0.25, 0.3) is 12.2 Å². The van der Waals surface area contributed by atoms with E-state index in [9.17, 15) is 0 Å². The predicted molar refractivity (Wildman–Crippen MR) is 52.4 cm³/mol. The zero-order chi connectivity index (χ0) is 8.39. The number of allylic oxidation sites excluding steroid dienone is 1. The molecule has 0 atom stereocenters. The largest absolute Gasteiger partial charge is 0.405 e. The average molecular weight is 157 g/mol. The summed E-state index contributed by atoms with van der Waals surface area (Å²) < 4.78 is 0. The number of hydrogen-bond donors (Lipinski definition) is 1. The van der Waals surface area contributed by atoms with Crippen molar-refractivity contribution in [3.05, 3.63) is 47.2 Å². The fourth-order valence-corrected chi connectivity index (χ4v) is 1.33. The lowest BCUT2D eigenvalue weighted by Gasteiger charge is -2.10. The molecule has 12 heavy (non-hydrogen) atoms. The monoisotopic (exact) mass is 157 g/mol. The molecule has 2 N–H and O–H groups in total. The fraction of sp³-hybridized carbons (Fsp3) is 0.0909. The number of hydrogen-bond acceptors (Lipinski definition) is 1. The summed E-state index contributed by atoms with van der Waals surface area (Å²) in [6, 6.07) is 6.49. The van der Waals surface area contributed by atoms with Gasteiger partial charge in [-0.2, -0.15) is 0 Å². The van der Waals surface area contributed by atoms with Gasteiger partial charge in [-0.05, 0) is 29.3 Å². The Hall–Kier alpha value is -1.50. The van der Waals surface area contributed by atoms with Crippen molar-refractivity contribution in [2.75, 3.05) is 0 Å². The lowest BCUT2D eigenvalue weighted by atomic mass is 9.95. The summed E-state index contributed by atoms with van der Waals surface area (Å²) in [5.41, 5.74) is 9.27. The first-order valence-electron chi connectivity index (χ1n) is 4.08. The highest BCUT2D eigenvalue weighted by molar-refractivity contribution is 5.85. The summed E-state index contributed by atoms with van der Waals surface area (Å²) in [7, 11) is 0. The van der Waals surface area contributed by atoms with Crippen LogP contribution in [-0.2, 0) is 6.42 Å². The maximum Gasteiger partial charge on any atom is -0.00801 e. The van der Waals surface area contributed by atoms with Crippen LogP contribution in [0.1, 0.15) is 16.7 Å². The molecule has 0 spiro atoms. The summed E-state index contributed by atoms with van der Waals surface area (Å²) in [6.45, 7) is 0. The molecule has 0 saturated heterocycles. The van der Waals surface area contributed by atoms with Crippen molar-refractivity contribution in [2.24, 2.45) is 5.73 Å². The van der Waals surface area contributed by atoms with Crippen LogP contribution in [0.4, 0.5) is 0 Å². The molecule has 0 bridgehead atoms. The first-order chi connectivity index (χ1) is 5.90. The van der Waals surface area contributed by atoms with Gasteiger partial charge in [0.2, 0.25) is 0 Å². The van der Waals surface area contributed by atoms with E-state index >= 15 is 0 Å². The van der Waals surface area contributed by atoms with Gasteiger partial charge in [0, 0.05) is 0 Å². The molecule has 60 valence electrons. The van der Waals surface area contributed by atoms with Gasteiger partial charge < -0.3 is 5.73 Å². The van der Waals surface area contributed by atoms with E-state index in [1.807, 2.05) is 6.08 Å². The van der Waals surface area contributed by atoms with Crippen LogP contribution in [0, 0.1) is 0 Å². The third-order valence-electron chi connectivity index (χ3n) is 2.08. The molecule has 0 unspecified atom stereocenters. The van der Waals surface area contributed by atoms with Gasteiger partial charge in [-0.15, -0.1) is 0 Å². The number of fused-ring (bicyclic) bond motifs is 1. The Kier molecular flexibility index (Phi) is 1.71. The first-order valence-corrected chi connectivity index (χ1v) is 4.08. The molecule has 0 aromatic heterocycles. The van der Waals surface area contributed by atoms with Gasteiger partial charge in [0.05, 0.1) is 0 Å². The SMILES string of the molecule is N/C=C/Cc1ccc2c(c1)C=C2. The molecule has 1 heteroatoms. The Balaban J connectivity index is 2.20. The molecule has 1 nitrogen and oxygen atoms in total. The number of benzene rings is 1. The third-order valence-corrected chi connectivity index (χ3v) is 2.08. The Morgan fingerprint density at radius 3 is 2.58 bits per heavy atom. The summed E-state index contributed by atoms with van der Waals surface area (Å²) in [6.07, 6.45) is 8.74. The van der Waals surface area contributed by atoms with Gasteiger partial charge >= 0.3 is 0 Å². The molecule has 2 rings (SSSR count). The van der Waals surface area contributed by atoms with E-state index in [1.165, 1.54) is 16.7 Å². The summed E-state index contributed by atoms with van der Waals surface area (Å²) in [5.74, 6) is 0. The highest BCUT2D eigenvalue weighted by Gasteiger charge is 2.04. The molecule has 0 radical (unpaired) electrons. The van der Waals surface area contributed by atoms with Gasteiger partial charge in [0.1, 0.15) is 0 Å². The Bertz CT molecular complexity index is 348. The third kappa shape index (κ3) is 1.14. The maximum atomic E-state index is 5.26. The van der Waals surface area contributed by atoms with E-state index in [1.54, 1.807) is 6.20 Å². The topological polar surface area (TPSA) is 26.0 Å². The van der Waals surface area contributed by atoms with Crippen molar-refractivity contribution < 1.29 is 0 Å². The van der Waals surface area contributed by atoms with Crippen LogP contribution in [0.15, 0.2) is 30.5 Å². The average Bonchev–Trinajstić information content (AvgIpc) is 2.05. The summed E-state index contributed by atoms with van der Waals surface area (Å²) in [5, 5.41) is 0. The van der Waals surface area contributed by atoms with Gasteiger partial charge in [0.25, 0.3) is 0 Å². The zero-order valence-electron chi connectivity index (χ0n) is 6.83. The number of rotatable bonds is 2. The second-order valence-electron chi connectivity index (χ2n) is 2.93. The standard InChI is InChI=1S/C11H11N/c12-7-1-2-9-3-4-10-5-6-11(10)8-9/h1,3-8H,2,12H2/b7-1+. The number of nitrogens with two attached hydrogens (primary N) is 1. The summed E-state index contributed by atoms with van der Waals surface area (Å²) >= 11 is 0. The molecular formula is C11H11N. The predicted octanol–water partition coefficient (Wildman–Crippen LogP) is 2.19. The normalized spacial score (nSPS) is 13.0. The van der Waals surface area contributed by atoms with E-state index in [0.717, 1.165) is 6.42 Å². The van der Waals surface area contributed by atoms with Crippen molar-refractivity contribution in [3.63, 3.8) is 0 Å². The van der Waals surface area contributed by atoms with Crippen molar-refractivity contribution in [1.82, 2.24) is 0 Å². The van der Waals surface area contributed by atoms with Gasteiger partial charge in [-0.3, -0.25) is 0 Å². The maximum absolute atomic E-state index is 5.26. The molecule has 0 fully saturated rings. The van der Waals surface area contributed by atoms with Crippen LogP contribution in [0.3, 0.4) is 0 Å². The molecule has 1 aromatic rings. The Morgan fingerprint density at radius 1 is 1.17 bits per heavy atom. The summed E-state index contributed by atoms with van der Waals surface area (Å²) in [4.78, 5) is 0. The van der Waals surface area contributed by atoms with Gasteiger partial charge in [-0.1, -0.05) is 36.4 Å². The minimum atomic E-state index is 0.928. The smallest absolute Gasteiger partial charge is 0.00801 e. The first kappa shape index (κ1) is 7.17. The van der Waals surface area contributed by atoms with Crippen molar-refractivity contribution in [2.45, 2.75) is 6.42 Å². The van der Waals surface area contributed by atoms with Gasteiger partial charge in [-0.25, -0.2) is 0 Å². The van der Waals surface area contributed by atoms with Crippen LogP contribution >= 0.6 is 0 Å². The van der Waals surface area contributed by atoms with Crippen molar-refractivity contribution in [1.29, 1.82) is 0 Å². The van der Waals surface area contributed by atoms with Crippen molar-refractivity contribution in [3.8, 4) is 0 Å². The van der Waals surface area contributed by atoms with Crippen LogP contribution in [0.5, 0.6) is 0 Å². The molecule has 0 heterocycles. The quantitative estimate of drug-likeness (QED) is 0.710. The van der Waals surface area contributed by atoms with Gasteiger partial charge in [0.15, 0.2) is 0 Å². The highest BCUT2D eigenvalue weighted by atomic mass is 14.5. The molecule has 0 amide bonds. The Morgan fingerprint density at radius 2 is 2.00 bits per heavy atom. The van der Waals surface area contributed by atoms with Crippen LogP contribution in [-0.4, -0.2) is 0 Å².